The van der Waals surface area contributed by atoms with E-state index in [1.807, 2.05) is 0 Å². The van der Waals surface area contributed by atoms with Crippen molar-refractivity contribution in [1.29, 1.82) is 0 Å². The fourth-order valence-corrected chi connectivity index (χ4v) is 4.11. The van der Waals surface area contributed by atoms with E-state index in [-0.39, 0.29) is 17.9 Å². The zero-order valence-electron chi connectivity index (χ0n) is 14.4. The van der Waals surface area contributed by atoms with Crippen LogP contribution in [0.1, 0.15) is 37.2 Å². The van der Waals surface area contributed by atoms with E-state index in [1.54, 1.807) is 6.07 Å². The molecule has 3 aliphatic heterocycles. The molecular formula is C18H22N4O3. The van der Waals surface area contributed by atoms with Gasteiger partial charge in [-0.2, -0.15) is 0 Å². The number of carbonyl (C=O) groups excluding carboxylic acids is 2. The Bertz CT molecular complexity index is 821. The van der Waals surface area contributed by atoms with Crippen LogP contribution in [0.5, 0.6) is 0 Å². The first-order chi connectivity index (χ1) is 12.0. The number of amides is 2. The fourth-order valence-electron chi connectivity index (χ4n) is 4.11. The second-order valence-electron chi connectivity index (χ2n) is 7.01. The number of hydrogen-bond acceptors (Lipinski definition) is 5. The first-order valence-corrected chi connectivity index (χ1v) is 8.72. The second-order valence-corrected chi connectivity index (χ2v) is 7.01. The number of pyridine rings is 1. The summed E-state index contributed by atoms with van der Waals surface area (Å²) in [5, 5.41) is 6.56. The Morgan fingerprint density at radius 2 is 2.08 bits per heavy atom. The van der Waals surface area contributed by atoms with E-state index in [0.29, 0.717) is 34.3 Å². The zero-order valence-corrected chi connectivity index (χ0v) is 14.4. The largest absolute Gasteiger partial charge is 0.460 e. The quantitative estimate of drug-likeness (QED) is 0.891. The Labute approximate surface area is 145 Å². The maximum absolute atomic E-state index is 12.7. The molecule has 0 spiro atoms. The molecular weight excluding hydrogens is 320 g/mol. The maximum Gasteiger partial charge on any atom is 0.270 e. The van der Waals surface area contributed by atoms with E-state index >= 15 is 0 Å². The maximum atomic E-state index is 12.7. The van der Waals surface area contributed by atoms with Crippen LogP contribution in [-0.4, -0.2) is 46.9 Å². The highest BCUT2D eigenvalue weighted by molar-refractivity contribution is 6.02. The number of nitrogens with one attached hydrogen (secondary N) is 2. The van der Waals surface area contributed by atoms with E-state index in [1.165, 1.54) is 19.4 Å². The Balaban J connectivity index is 1.56. The average molecular weight is 342 g/mol. The van der Waals surface area contributed by atoms with Gasteiger partial charge in [0.05, 0.1) is 11.9 Å². The van der Waals surface area contributed by atoms with E-state index in [2.05, 4.69) is 27.4 Å². The van der Waals surface area contributed by atoms with Gasteiger partial charge < -0.3 is 15.1 Å². The van der Waals surface area contributed by atoms with Crippen molar-refractivity contribution in [3.05, 3.63) is 24.2 Å². The van der Waals surface area contributed by atoms with Crippen molar-refractivity contribution in [2.45, 2.75) is 38.8 Å². The summed E-state index contributed by atoms with van der Waals surface area (Å²) in [6, 6.07) is 2.18. The van der Waals surface area contributed by atoms with Gasteiger partial charge in [0.15, 0.2) is 5.58 Å². The summed E-state index contributed by atoms with van der Waals surface area (Å²) in [5.74, 6) is 0.172. The number of aromatic nitrogens is 1. The third-order valence-corrected chi connectivity index (χ3v) is 5.48. The number of nitrogens with zero attached hydrogens (tertiary/aromatic N) is 2. The normalized spacial score (nSPS) is 28.1. The molecule has 3 saturated heterocycles. The average Bonchev–Trinajstić information content (AvgIpc) is 3.00. The third-order valence-electron chi connectivity index (χ3n) is 5.48. The van der Waals surface area contributed by atoms with E-state index in [9.17, 15) is 9.59 Å². The molecule has 2 amide bonds. The molecule has 25 heavy (non-hydrogen) atoms. The predicted octanol–water partition coefficient (Wildman–Crippen LogP) is 2.00. The van der Waals surface area contributed by atoms with Crippen LogP contribution in [0.15, 0.2) is 22.9 Å². The van der Waals surface area contributed by atoms with Gasteiger partial charge in [0.2, 0.25) is 5.91 Å². The monoisotopic (exact) mass is 342 g/mol. The molecule has 3 fully saturated rings. The standard InChI is InChI=1S/C18H22N4O3/c1-10-17(12-3-5-22(10)6-4-12)21-18(24)14-7-13-15(20-11(2)23)9-25-16(13)8-19-14/h7-10,12,17H,3-6H2,1-2H3,(H,20,23)(H,21,24)/t10-,17+/m1/s1. The van der Waals surface area contributed by atoms with Gasteiger partial charge in [-0.1, -0.05) is 0 Å². The molecule has 2 aromatic heterocycles. The van der Waals surface area contributed by atoms with Gasteiger partial charge in [-0.15, -0.1) is 0 Å². The van der Waals surface area contributed by atoms with Crippen LogP contribution >= 0.6 is 0 Å². The summed E-state index contributed by atoms with van der Waals surface area (Å²) >= 11 is 0. The van der Waals surface area contributed by atoms with Crippen LogP contribution in [0.25, 0.3) is 11.0 Å². The molecule has 3 aliphatic rings. The van der Waals surface area contributed by atoms with Crippen molar-refractivity contribution in [1.82, 2.24) is 15.2 Å². The lowest BCUT2D eigenvalue weighted by atomic mass is 9.79. The van der Waals surface area contributed by atoms with Crippen molar-refractivity contribution in [2.24, 2.45) is 5.92 Å². The van der Waals surface area contributed by atoms with Crippen molar-refractivity contribution in [3.63, 3.8) is 0 Å². The lowest BCUT2D eigenvalue weighted by molar-refractivity contribution is -0.114. The highest BCUT2D eigenvalue weighted by Crippen LogP contribution is 2.32. The number of furan rings is 1. The minimum absolute atomic E-state index is 0.159. The summed E-state index contributed by atoms with van der Waals surface area (Å²) in [4.78, 5) is 30.7. The SMILES string of the molecule is CC(=O)Nc1coc2cnc(C(=O)N[C@@H]3C4CCN(CC4)[C@@H]3C)cc12. The molecule has 2 bridgehead atoms. The molecule has 0 unspecified atom stereocenters. The minimum Gasteiger partial charge on any atom is -0.460 e. The lowest BCUT2D eigenvalue weighted by Gasteiger charge is -2.49. The van der Waals surface area contributed by atoms with Gasteiger partial charge >= 0.3 is 0 Å². The molecule has 5 heterocycles. The summed E-state index contributed by atoms with van der Waals surface area (Å²) in [7, 11) is 0. The van der Waals surface area contributed by atoms with Crippen molar-refractivity contribution >= 4 is 28.5 Å². The van der Waals surface area contributed by atoms with Crippen LogP contribution in [-0.2, 0) is 4.79 Å². The molecule has 2 atom stereocenters. The van der Waals surface area contributed by atoms with Gasteiger partial charge in [0.1, 0.15) is 12.0 Å². The Hall–Kier alpha value is -2.41. The van der Waals surface area contributed by atoms with Crippen molar-refractivity contribution < 1.29 is 14.0 Å². The van der Waals surface area contributed by atoms with E-state index < -0.39 is 0 Å². The van der Waals surface area contributed by atoms with Gasteiger partial charge in [-0.25, -0.2) is 4.98 Å². The molecule has 132 valence electrons. The van der Waals surface area contributed by atoms with Gasteiger partial charge in [-0.05, 0) is 44.8 Å². The topological polar surface area (TPSA) is 87.5 Å². The summed E-state index contributed by atoms with van der Waals surface area (Å²) in [6.07, 6.45) is 5.26. The Morgan fingerprint density at radius 1 is 1.32 bits per heavy atom. The number of anilines is 1. The molecule has 2 N–H and O–H groups in total. The van der Waals surface area contributed by atoms with Gasteiger partial charge in [-0.3, -0.25) is 14.5 Å². The second kappa shape index (κ2) is 6.15. The summed E-state index contributed by atoms with van der Waals surface area (Å²) < 4.78 is 5.38. The molecule has 7 heteroatoms. The van der Waals surface area contributed by atoms with Gasteiger partial charge in [0.25, 0.3) is 5.91 Å². The van der Waals surface area contributed by atoms with E-state index in [4.69, 9.17) is 4.42 Å². The molecule has 7 nitrogen and oxygen atoms in total. The highest BCUT2D eigenvalue weighted by Gasteiger charge is 2.40. The highest BCUT2D eigenvalue weighted by atomic mass is 16.3. The third kappa shape index (κ3) is 2.89. The zero-order chi connectivity index (χ0) is 17.6. The van der Waals surface area contributed by atoms with Crippen molar-refractivity contribution in [2.75, 3.05) is 18.4 Å². The first kappa shape index (κ1) is 16.1. The van der Waals surface area contributed by atoms with Crippen molar-refractivity contribution in [3.8, 4) is 0 Å². The van der Waals surface area contributed by atoms with E-state index in [0.717, 1.165) is 25.9 Å². The number of fused-ring (bicyclic) bond motifs is 4. The molecule has 5 rings (SSSR count). The lowest BCUT2D eigenvalue weighted by Crippen LogP contribution is -2.62. The molecule has 0 saturated carbocycles. The Kier molecular flexibility index (Phi) is 3.95. The van der Waals surface area contributed by atoms with Crippen LogP contribution in [0.4, 0.5) is 5.69 Å². The molecule has 0 radical (unpaired) electrons. The number of carbonyl (C=O) groups is 2. The number of piperidine rings is 3. The Morgan fingerprint density at radius 3 is 2.76 bits per heavy atom. The first-order valence-electron chi connectivity index (χ1n) is 8.72. The smallest absolute Gasteiger partial charge is 0.270 e. The van der Waals surface area contributed by atoms with Crippen LogP contribution < -0.4 is 10.6 Å². The molecule has 2 aromatic rings. The fraction of sp³-hybridized carbons (Fsp3) is 0.500. The summed E-state index contributed by atoms with van der Waals surface area (Å²) in [6.45, 7) is 5.86. The minimum atomic E-state index is -0.188. The molecule has 0 aliphatic carbocycles. The molecule has 0 aromatic carbocycles. The number of hydrogen-bond donors (Lipinski definition) is 2. The van der Waals surface area contributed by atoms with Gasteiger partial charge in [0, 0.05) is 24.4 Å². The predicted molar refractivity (Wildman–Crippen MR) is 93.3 cm³/mol. The summed E-state index contributed by atoms with van der Waals surface area (Å²) in [5.41, 5.74) is 1.43. The van der Waals surface area contributed by atoms with Crippen LogP contribution in [0, 0.1) is 5.92 Å². The number of rotatable bonds is 3. The van der Waals surface area contributed by atoms with Crippen LogP contribution in [0.3, 0.4) is 0 Å². The van der Waals surface area contributed by atoms with Crippen LogP contribution in [0.2, 0.25) is 0 Å².